The largest absolute Gasteiger partial charge is 0.493 e. The molecule has 5 nitrogen and oxygen atoms in total. The first-order valence-corrected chi connectivity index (χ1v) is 12.5. The monoisotopic (exact) mass is 547 g/mol. The Balaban J connectivity index is 1.54. The number of aryl methyl sites for hydroxylation is 1. The molecule has 180 valence electrons. The van der Waals surface area contributed by atoms with Gasteiger partial charge in [0.05, 0.1) is 23.6 Å². The van der Waals surface area contributed by atoms with Crippen molar-refractivity contribution in [3.8, 4) is 11.5 Å². The smallest absolute Gasteiger partial charge is 0.293 e. The van der Waals surface area contributed by atoms with Gasteiger partial charge in [-0.3, -0.25) is 14.5 Å². The van der Waals surface area contributed by atoms with Crippen molar-refractivity contribution in [1.29, 1.82) is 0 Å². The van der Waals surface area contributed by atoms with E-state index in [1.807, 2.05) is 31.2 Å². The molecule has 1 heterocycles. The second-order valence-corrected chi connectivity index (χ2v) is 9.99. The molecule has 0 bridgehead atoms. The third kappa shape index (κ3) is 5.78. The standard InChI is InChI=1S/C26H20Cl3NO4S/c1-15-6-8-16(9-7-15)14-34-24-21(29)10-17(11-22(24)33-2)12-23-25(31)30(26(32)35-23)13-18-19(27)4-3-5-20(18)28/h3-12H,13-14H2,1-2H3/b23-12-. The molecule has 0 radical (unpaired) electrons. The zero-order valence-electron chi connectivity index (χ0n) is 18.8. The van der Waals surface area contributed by atoms with Crippen molar-refractivity contribution in [2.75, 3.05) is 7.11 Å². The van der Waals surface area contributed by atoms with E-state index in [2.05, 4.69) is 0 Å². The van der Waals surface area contributed by atoms with Gasteiger partial charge >= 0.3 is 0 Å². The molecule has 0 N–H and O–H groups in total. The van der Waals surface area contributed by atoms with Gasteiger partial charge in [0.25, 0.3) is 11.1 Å². The first-order chi connectivity index (χ1) is 16.8. The number of ether oxygens (including phenoxy) is 2. The van der Waals surface area contributed by atoms with Crippen LogP contribution in [0.25, 0.3) is 6.08 Å². The fourth-order valence-electron chi connectivity index (χ4n) is 3.43. The van der Waals surface area contributed by atoms with E-state index < -0.39 is 11.1 Å². The van der Waals surface area contributed by atoms with Crippen LogP contribution >= 0.6 is 46.6 Å². The van der Waals surface area contributed by atoms with Crippen LogP contribution in [0, 0.1) is 6.92 Å². The van der Waals surface area contributed by atoms with Crippen molar-refractivity contribution in [2.24, 2.45) is 0 Å². The Morgan fingerprint density at radius 2 is 1.66 bits per heavy atom. The van der Waals surface area contributed by atoms with Crippen LogP contribution in [0.5, 0.6) is 11.5 Å². The Morgan fingerprint density at radius 3 is 2.31 bits per heavy atom. The van der Waals surface area contributed by atoms with Crippen molar-refractivity contribution in [1.82, 2.24) is 4.90 Å². The number of carbonyl (C=O) groups excluding carboxylic acids is 2. The van der Waals surface area contributed by atoms with Crippen LogP contribution in [0.1, 0.15) is 22.3 Å². The third-order valence-electron chi connectivity index (χ3n) is 5.30. The van der Waals surface area contributed by atoms with Gasteiger partial charge in [-0.1, -0.05) is 70.7 Å². The van der Waals surface area contributed by atoms with Crippen molar-refractivity contribution >= 4 is 63.8 Å². The van der Waals surface area contributed by atoms with Crippen molar-refractivity contribution in [3.63, 3.8) is 0 Å². The van der Waals surface area contributed by atoms with Crippen molar-refractivity contribution in [3.05, 3.63) is 96.8 Å². The fraction of sp³-hybridized carbons (Fsp3) is 0.154. The molecule has 0 atom stereocenters. The summed E-state index contributed by atoms with van der Waals surface area (Å²) >= 11 is 19.8. The molecule has 1 fully saturated rings. The Morgan fingerprint density at radius 1 is 0.971 bits per heavy atom. The molecule has 1 aliphatic rings. The average molecular weight is 549 g/mol. The predicted octanol–water partition coefficient (Wildman–Crippen LogP) is 7.78. The highest BCUT2D eigenvalue weighted by Gasteiger charge is 2.35. The molecule has 3 aromatic rings. The number of carbonyl (C=O) groups is 2. The molecule has 0 aliphatic carbocycles. The van der Waals surface area contributed by atoms with E-state index in [1.54, 1.807) is 36.4 Å². The van der Waals surface area contributed by atoms with Crippen LogP contribution in [0.2, 0.25) is 15.1 Å². The summed E-state index contributed by atoms with van der Waals surface area (Å²) in [5, 5.41) is 0.690. The minimum absolute atomic E-state index is 0.0175. The summed E-state index contributed by atoms with van der Waals surface area (Å²) in [4.78, 5) is 26.9. The van der Waals surface area contributed by atoms with Crippen LogP contribution in [0.4, 0.5) is 4.79 Å². The van der Waals surface area contributed by atoms with Gasteiger partial charge < -0.3 is 9.47 Å². The number of benzene rings is 3. The molecule has 0 spiro atoms. The molecule has 1 saturated heterocycles. The minimum Gasteiger partial charge on any atom is -0.493 e. The predicted molar refractivity (Wildman–Crippen MR) is 141 cm³/mol. The number of amides is 2. The maximum atomic E-state index is 13.0. The van der Waals surface area contributed by atoms with Gasteiger partial charge in [-0.05, 0) is 60.2 Å². The molecule has 2 amide bonds. The van der Waals surface area contributed by atoms with Gasteiger partial charge in [-0.15, -0.1) is 0 Å². The van der Waals surface area contributed by atoms with E-state index in [1.165, 1.54) is 7.11 Å². The summed E-state index contributed by atoms with van der Waals surface area (Å²) in [5.41, 5.74) is 3.26. The summed E-state index contributed by atoms with van der Waals surface area (Å²) in [7, 11) is 1.51. The lowest BCUT2D eigenvalue weighted by Crippen LogP contribution is -2.27. The number of hydrogen-bond donors (Lipinski definition) is 0. The van der Waals surface area contributed by atoms with Gasteiger partial charge in [0, 0.05) is 15.6 Å². The molecule has 1 aliphatic heterocycles. The molecule has 35 heavy (non-hydrogen) atoms. The molecule has 0 unspecified atom stereocenters. The topological polar surface area (TPSA) is 55.8 Å². The van der Waals surface area contributed by atoms with Crippen LogP contribution in [0.3, 0.4) is 0 Å². The molecule has 3 aromatic carbocycles. The minimum atomic E-state index is -0.439. The number of methoxy groups -OCH3 is 1. The molecule has 0 aromatic heterocycles. The van der Waals surface area contributed by atoms with E-state index in [-0.39, 0.29) is 11.4 Å². The lowest BCUT2D eigenvalue weighted by atomic mass is 10.1. The normalized spacial score (nSPS) is 14.7. The van der Waals surface area contributed by atoms with Crippen LogP contribution in [-0.2, 0) is 17.9 Å². The van der Waals surface area contributed by atoms with Gasteiger partial charge in [-0.25, -0.2) is 0 Å². The fourth-order valence-corrected chi connectivity index (χ4v) is 5.06. The Hall–Kier alpha value is -2.64. The first kappa shape index (κ1) is 25.5. The summed E-state index contributed by atoms with van der Waals surface area (Å²) in [6.45, 7) is 2.32. The molecule has 9 heteroatoms. The SMILES string of the molecule is COc1cc(/C=C2\SC(=O)N(Cc3c(Cl)cccc3Cl)C2=O)cc(Cl)c1OCc1ccc(C)cc1. The lowest BCUT2D eigenvalue weighted by molar-refractivity contribution is -0.123. The second-order valence-electron chi connectivity index (χ2n) is 7.78. The summed E-state index contributed by atoms with van der Waals surface area (Å²) in [5.74, 6) is 0.372. The maximum absolute atomic E-state index is 13.0. The third-order valence-corrected chi connectivity index (χ3v) is 7.20. The average Bonchev–Trinajstić information content (AvgIpc) is 3.08. The number of imide groups is 1. The van der Waals surface area contributed by atoms with Crippen LogP contribution in [-0.4, -0.2) is 23.2 Å². The highest BCUT2D eigenvalue weighted by Crippen LogP contribution is 2.40. The second kappa shape index (κ2) is 11.0. The highest BCUT2D eigenvalue weighted by atomic mass is 35.5. The number of rotatable bonds is 7. The maximum Gasteiger partial charge on any atom is 0.293 e. The van der Waals surface area contributed by atoms with Crippen molar-refractivity contribution in [2.45, 2.75) is 20.1 Å². The Bertz CT molecular complexity index is 1300. The van der Waals surface area contributed by atoms with E-state index in [9.17, 15) is 9.59 Å². The van der Waals surface area contributed by atoms with Crippen LogP contribution < -0.4 is 9.47 Å². The Labute approximate surface area is 222 Å². The van der Waals surface area contributed by atoms with Gasteiger partial charge in [0.15, 0.2) is 11.5 Å². The Kier molecular flexibility index (Phi) is 7.97. The number of thioether (sulfide) groups is 1. The first-order valence-electron chi connectivity index (χ1n) is 10.5. The van der Waals surface area contributed by atoms with Crippen LogP contribution in [0.15, 0.2) is 59.5 Å². The number of hydrogen-bond acceptors (Lipinski definition) is 5. The molecular formula is C26H20Cl3NO4S. The number of halogens is 3. The van der Waals surface area contributed by atoms with Gasteiger partial charge in [0.2, 0.25) is 0 Å². The van der Waals surface area contributed by atoms with E-state index in [0.29, 0.717) is 44.3 Å². The van der Waals surface area contributed by atoms with Gasteiger partial charge in [0.1, 0.15) is 6.61 Å². The number of nitrogens with zero attached hydrogens (tertiary/aromatic N) is 1. The van der Waals surface area contributed by atoms with E-state index >= 15 is 0 Å². The zero-order valence-corrected chi connectivity index (χ0v) is 21.9. The molecular weight excluding hydrogens is 529 g/mol. The summed E-state index contributed by atoms with van der Waals surface area (Å²) in [6, 6.07) is 16.4. The summed E-state index contributed by atoms with van der Waals surface area (Å²) in [6.07, 6.45) is 1.59. The quantitative estimate of drug-likeness (QED) is 0.282. The van der Waals surface area contributed by atoms with Gasteiger partial charge in [-0.2, -0.15) is 0 Å². The van der Waals surface area contributed by atoms with Crippen molar-refractivity contribution < 1.29 is 19.1 Å². The van der Waals surface area contributed by atoms with E-state index in [4.69, 9.17) is 44.3 Å². The highest BCUT2D eigenvalue weighted by molar-refractivity contribution is 8.18. The lowest BCUT2D eigenvalue weighted by Gasteiger charge is -2.15. The van der Waals surface area contributed by atoms with E-state index in [0.717, 1.165) is 27.8 Å². The zero-order chi connectivity index (χ0) is 25.1. The molecule has 4 rings (SSSR count). The molecule has 0 saturated carbocycles. The summed E-state index contributed by atoms with van der Waals surface area (Å²) < 4.78 is 11.4.